The third-order valence-corrected chi connectivity index (χ3v) is 21.7. The summed E-state index contributed by atoms with van der Waals surface area (Å²) in [5, 5.41) is 121. The van der Waals surface area contributed by atoms with Crippen LogP contribution in [0.5, 0.6) is 0 Å². The highest BCUT2D eigenvalue weighted by Crippen LogP contribution is 2.33. The van der Waals surface area contributed by atoms with E-state index in [4.69, 9.17) is 28.4 Å². The van der Waals surface area contributed by atoms with Crippen LogP contribution in [0.15, 0.2) is 134 Å². The average Bonchev–Trinajstić information content (AvgIpc) is 0.777. The van der Waals surface area contributed by atoms with Gasteiger partial charge in [-0.1, -0.05) is 347 Å². The van der Waals surface area contributed by atoms with Crippen LogP contribution < -0.4 is 5.32 Å². The number of ether oxygens (including phenoxy) is 6. The van der Waals surface area contributed by atoms with Crippen molar-refractivity contribution in [3.63, 3.8) is 0 Å². The summed E-state index contributed by atoms with van der Waals surface area (Å²) in [4.78, 5) is 13.5. The zero-order valence-corrected chi connectivity index (χ0v) is 70.8. The van der Waals surface area contributed by atoms with Crippen molar-refractivity contribution in [1.82, 2.24) is 5.32 Å². The van der Waals surface area contributed by atoms with Crippen molar-refractivity contribution in [3.05, 3.63) is 134 Å². The molecule has 12 N–H and O–H groups in total. The Balaban J connectivity index is 1.35. The summed E-state index contributed by atoms with van der Waals surface area (Å²) in [6.45, 7) is 1.62. The number of allylic oxidation sites excluding steroid dienone is 21. The Labute approximate surface area is 690 Å². The average molecular weight is 1610 g/mol. The largest absolute Gasteiger partial charge is 0.394 e. The minimum absolute atomic E-state index is 0.222. The highest BCUT2D eigenvalue weighted by Gasteiger charge is 2.54. The van der Waals surface area contributed by atoms with Gasteiger partial charge in [0.1, 0.15) is 73.2 Å². The second-order valence-corrected chi connectivity index (χ2v) is 31.7. The molecule has 0 aromatic heterocycles. The van der Waals surface area contributed by atoms with Gasteiger partial charge in [0.2, 0.25) is 5.91 Å². The lowest BCUT2D eigenvalue weighted by Crippen LogP contribution is -2.66. The molecule has 656 valence electrons. The molecule has 0 spiro atoms. The van der Waals surface area contributed by atoms with Gasteiger partial charge in [0.25, 0.3) is 0 Å². The molecule has 0 radical (unpaired) electrons. The number of carbonyl (C=O) groups excluding carboxylic acids is 1. The van der Waals surface area contributed by atoms with E-state index in [0.29, 0.717) is 12.8 Å². The lowest BCUT2D eigenvalue weighted by atomic mass is 9.96. The molecule has 0 aromatic rings. The molecule has 0 aromatic carbocycles. The third kappa shape index (κ3) is 50.8. The van der Waals surface area contributed by atoms with Crippen LogP contribution in [0.2, 0.25) is 0 Å². The van der Waals surface area contributed by atoms with Crippen LogP contribution in [0.4, 0.5) is 0 Å². The monoisotopic (exact) mass is 1610 g/mol. The third-order valence-electron chi connectivity index (χ3n) is 21.7. The van der Waals surface area contributed by atoms with Crippen molar-refractivity contribution in [2.45, 2.75) is 433 Å². The fraction of sp³-hybridized carbons (Fsp3) is 0.758. The van der Waals surface area contributed by atoms with E-state index < -0.39 is 124 Å². The maximum Gasteiger partial charge on any atom is 0.220 e. The normalized spacial score (nSPS) is 25.4. The second-order valence-electron chi connectivity index (χ2n) is 31.7. The number of aliphatic hydroxyl groups excluding tert-OH is 11. The van der Waals surface area contributed by atoms with Crippen LogP contribution in [0, 0.1) is 0 Å². The predicted octanol–water partition coefficient (Wildman–Crippen LogP) is 17.6. The van der Waals surface area contributed by atoms with Crippen LogP contribution in [0.3, 0.4) is 0 Å². The van der Waals surface area contributed by atoms with Crippen molar-refractivity contribution in [3.8, 4) is 0 Å². The standard InChI is InChI=1S/C95H163NO18/c1-3-5-7-9-11-13-15-17-19-21-23-25-27-29-31-33-35-37-38-39-40-41-43-45-47-49-51-53-55-57-59-61-63-65-67-69-71-73-83(101)96-78(79(100)72-70-68-66-64-62-60-58-56-54-52-50-48-46-44-42-36-34-32-30-28-26-24-22-20-18-16-14-12-10-8-6-4-2)77-109-93-89(107)86(104)91(81(75-98)111-93)114-95-90(108)87(105)92(82(76-99)112-95)113-94-88(106)85(103)84(102)80(74-97)110-94/h5,7,11,13,17,19,23,25,29,31,35,37,39-40,43,45,54,56,62,64,70,72,78-82,84-95,97-100,102-108H,3-4,6,8-10,12,14-16,18,20-22,24,26-28,30,32-34,36,38,41-42,44,46-53,55,57-61,63,65-69,71,73-77H2,1-2H3,(H,96,101)/b7-5-,13-11-,19-17-,25-23-,31-29-,37-35-,40-39-,45-43-,56-54+,64-62+,72-70+. The number of aliphatic hydroxyl groups is 11. The molecule has 3 aliphatic rings. The Kier molecular flexibility index (Phi) is 66.6. The lowest BCUT2D eigenvalue weighted by Gasteiger charge is -2.48. The van der Waals surface area contributed by atoms with Gasteiger partial charge >= 0.3 is 0 Å². The van der Waals surface area contributed by atoms with E-state index in [-0.39, 0.29) is 18.9 Å². The predicted molar refractivity (Wildman–Crippen MR) is 461 cm³/mol. The van der Waals surface area contributed by atoms with Crippen LogP contribution in [-0.2, 0) is 33.2 Å². The summed E-state index contributed by atoms with van der Waals surface area (Å²) in [6.07, 6.45) is 78.8. The molecule has 19 nitrogen and oxygen atoms in total. The van der Waals surface area contributed by atoms with E-state index in [1.807, 2.05) is 6.08 Å². The summed E-state index contributed by atoms with van der Waals surface area (Å²) >= 11 is 0. The van der Waals surface area contributed by atoms with Gasteiger partial charge in [0.15, 0.2) is 18.9 Å². The quantitative estimate of drug-likeness (QED) is 0.0199. The van der Waals surface area contributed by atoms with Crippen LogP contribution in [0.25, 0.3) is 0 Å². The van der Waals surface area contributed by atoms with E-state index in [2.05, 4.69) is 141 Å². The Hall–Kier alpha value is -4.07. The maximum absolute atomic E-state index is 13.5. The molecule has 3 heterocycles. The molecule has 0 aliphatic carbocycles. The maximum atomic E-state index is 13.5. The fourth-order valence-corrected chi connectivity index (χ4v) is 14.5. The first-order chi connectivity index (χ1) is 55.8. The molecule has 17 atom stereocenters. The Morgan fingerprint density at radius 3 is 0.982 bits per heavy atom. The van der Waals surface area contributed by atoms with Crippen molar-refractivity contribution >= 4 is 5.91 Å². The first-order valence-corrected chi connectivity index (χ1v) is 45.4. The molecule has 19 heteroatoms. The van der Waals surface area contributed by atoms with Gasteiger partial charge in [-0.25, -0.2) is 0 Å². The summed E-state index contributed by atoms with van der Waals surface area (Å²) in [6, 6.07) is -1.01. The molecular weight excluding hydrogens is 1440 g/mol. The van der Waals surface area contributed by atoms with E-state index >= 15 is 0 Å². The van der Waals surface area contributed by atoms with Crippen LogP contribution in [0.1, 0.15) is 328 Å². The van der Waals surface area contributed by atoms with Gasteiger partial charge in [-0.2, -0.15) is 0 Å². The topological polar surface area (TPSA) is 307 Å². The van der Waals surface area contributed by atoms with E-state index in [0.717, 1.165) is 109 Å². The molecule has 17 unspecified atom stereocenters. The highest BCUT2D eigenvalue weighted by atomic mass is 16.8. The highest BCUT2D eigenvalue weighted by molar-refractivity contribution is 5.76. The van der Waals surface area contributed by atoms with Crippen molar-refractivity contribution in [2.24, 2.45) is 0 Å². The first kappa shape index (κ1) is 104. The molecule has 1 amide bonds. The number of carbonyl (C=O) groups is 1. The zero-order chi connectivity index (χ0) is 82.4. The lowest BCUT2D eigenvalue weighted by molar-refractivity contribution is -0.379. The zero-order valence-electron chi connectivity index (χ0n) is 70.8. The van der Waals surface area contributed by atoms with Gasteiger partial charge in [-0.15, -0.1) is 0 Å². The van der Waals surface area contributed by atoms with Gasteiger partial charge in [-0.3, -0.25) is 4.79 Å². The van der Waals surface area contributed by atoms with Crippen LogP contribution in [-0.4, -0.2) is 193 Å². The van der Waals surface area contributed by atoms with Crippen molar-refractivity contribution < 1.29 is 89.4 Å². The number of amides is 1. The number of hydrogen-bond donors (Lipinski definition) is 12. The Bertz CT molecular complexity index is 2580. The fourth-order valence-electron chi connectivity index (χ4n) is 14.5. The minimum Gasteiger partial charge on any atom is -0.394 e. The molecular formula is C95H163NO18. The summed E-state index contributed by atoms with van der Waals surface area (Å²) in [5.41, 5.74) is 0. The first-order valence-electron chi connectivity index (χ1n) is 45.4. The second kappa shape index (κ2) is 72.9. The number of rotatable bonds is 72. The van der Waals surface area contributed by atoms with Crippen molar-refractivity contribution in [1.29, 1.82) is 0 Å². The van der Waals surface area contributed by atoms with Gasteiger partial charge in [0.05, 0.1) is 38.6 Å². The van der Waals surface area contributed by atoms with Gasteiger partial charge < -0.3 is 89.9 Å². The summed E-state index contributed by atoms with van der Waals surface area (Å²) in [5.74, 6) is -0.294. The Morgan fingerprint density at radius 1 is 0.325 bits per heavy atom. The van der Waals surface area contributed by atoms with Gasteiger partial charge in [0, 0.05) is 6.42 Å². The number of nitrogens with one attached hydrogen (secondary N) is 1. The smallest absolute Gasteiger partial charge is 0.220 e. The van der Waals surface area contributed by atoms with E-state index in [1.165, 1.54) is 186 Å². The minimum atomic E-state index is -1.99. The summed E-state index contributed by atoms with van der Waals surface area (Å²) in [7, 11) is 0. The molecule has 3 aliphatic heterocycles. The van der Waals surface area contributed by atoms with Gasteiger partial charge in [-0.05, 0) is 109 Å². The molecule has 3 saturated heterocycles. The van der Waals surface area contributed by atoms with Crippen LogP contribution >= 0.6 is 0 Å². The Morgan fingerprint density at radius 2 is 0.614 bits per heavy atom. The number of hydrogen-bond acceptors (Lipinski definition) is 18. The van der Waals surface area contributed by atoms with E-state index in [9.17, 15) is 61.0 Å². The van der Waals surface area contributed by atoms with E-state index in [1.54, 1.807) is 6.08 Å². The molecule has 0 saturated carbocycles. The molecule has 114 heavy (non-hydrogen) atoms. The molecule has 0 bridgehead atoms. The SMILES string of the molecule is CC/C=C\C/C=C\C/C=C\C/C=C\C/C=C\C/C=C\C/C=C\C/C=C\CCCCCCCCCCCCCCC(=O)NC(COC1OC(CO)C(OC2OC(CO)C(OC3OC(CO)C(O)C(O)C3O)C(O)C2O)C(O)C1O)C(O)/C=C/CC/C=C/CC/C=C/CCCCCCCCCCCCCCCCCCCCCCCC. The number of unbranched alkanes of at least 4 members (excludes halogenated alkanes) is 36. The molecule has 3 fully saturated rings. The molecule has 3 rings (SSSR count). The van der Waals surface area contributed by atoms with Crippen molar-refractivity contribution in [2.75, 3.05) is 26.4 Å². The summed E-state index contributed by atoms with van der Waals surface area (Å²) < 4.78 is 34.5.